The van der Waals surface area contributed by atoms with Gasteiger partial charge in [0.1, 0.15) is 12.2 Å². The van der Waals surface area contributed by atoms with Crippen molar-refractivity contribution in [3.05, 3.63) is 12.2 Å². The van der Waals surface area contributed by atoms with Crippen molar-refractivity contribution < 1.29 is 29.0 Å². The van der Waals surface area contributed by atoms with Gasteiger partial charge in [-0.25, -0.2) is 14.4 Å². The van der Waals surface area contributed by atoms with Crippen molar-refractivity contribution in [3.63, 3.8) is 0 Å². The first kappa shape index (κ1) is 20.9. The molecule has 0 aliphatic carbocycles. The van der Waals surface area contributed by atoms with Crippen LogP contribution in [0.4, 0.5) is 4.79 Å². The Morgan fingerprint density at radius 3 is 1.91 bits per heavy atom. The summed E-state index contributed by atoms with van der Waals surface area (Å²) in [6, 6.07) is -1.37. The Morgan fingerprint density at radius 1 is 1.13 bits per heavy atom. The number of ether oxygens (including phenoxy) is 2. The van der Waals surface area contributed by atoms with Gasteiger partial charge in [0.05, 0.1) is 0 Å². The smallest absolute Gasteiger partial charge is 0.411 e. The van der Waals surface area contributed by atoms with E-state index in [0.717, 1.165) is 4.90 Å². The van der Waals surface area contributed by atoms with E-state index in [1.54, 1.807) is 41.5 Å². The first-order valence-corrected chi connectivity index (χ1v) is 7.24. The van der Waals surface area contributed by atoms with E-state index in [1.807, 2.05) is 0 Å². The molecule has 0 aliphatic rings. The van der Waals surface area contributed by atoms with Gasteiger partial charge in [-0.2, -0.15) is 0 Å². The van der Waals surface area contributed by atoms with Gasteiger partial charge in [-0.05, 0) is 48.5 Å². The summed E-state index contributed by atoms with van der Waals surface area (Å²) in [6.45, 7) is 14.5. The van der Waals surface area contributed by atoms with E-state index in [4.69, 9.17) is 9.47 Å². The van der Waals surface area contributed by atoms with Gasteiger partial charge in [-0.3, -0.25) is 4.90 Å². The van der Waals surface area contributed by atoms with E-state index < -0.39 is 41.8 Å². The molecule has 23 heavy (non-hydrogen) atoms. The number of rotatable bonds is 5. The SMILES string of the molecule is C=C(C)C(=O)OC[C@@H](C(=O)O)N(C(=O)OC(C)(C)C)C(C)(C)C. The Balaban J connectivity index is 5.45. The third-order valence-corrected chi connectivity index (χ3v) is 2.63. The lowest BCUT2D eigenvalue weighted by atomic mass is 10.0. The number of amides is 1. The Kier molecular flexibility index (Phi) is 6.81. The molecule has 0 radical (unpaired) electrons. The number of carboxylic acids is 1. The summed E-state index contributed by atoms with van der Waals surface area (Å²) in [5, 5.41) is 9.44. The Hall–Kier alpha value is -2.05. The molecule has 0 rings (SSSR count). The zero-order valence-electron chi connectivity index (χ0n) is 14.9. The van der Waals surface area contributed by atoms with Crippen LogP contribution in [0, 0.1) is 0 Å². The second-order valence-electron chi connectivity index (χ2n) is 7.25. The van der Waals surface area contributed by atoms with Crippen LogP contribution in [0.15, 0.2) is 12.2 Å². The Bertz CT molecular complexity index is 484. The molecule has 1 atom stereocenters. The summed E-state index contributed by atoms with van der Waals surface area (Å²) in [5.41, 5.74) is -1.48. The fourth-order valence-electron chi connectivity index (χ4n) is 1.71. The number of hydrogen-bond acceptors (Lipinski definition) is 5. The van der Waals surface area contributed by atoms with Crippen molar-refractivity contribution in [2.45, 2.75) is 65.6 Å². The maximum Gasteiger partial charge on any atom is 0.411 e. The fourth-order valence-corrected chi connectivity index (χ4v) is 1.71. The van der Waals surface area contributed by atoms with Crippen LogP contribution in [0.2, 0.25) is 0 Å². The van der Waals surface area contributed by atoms with E-state index in [1.165, 1.54) is 6.92 Å². The van der Waals surface area contributed by atoms with E-state index in [9.17, 15) is 19.5 Å². The topological polar surface area (TPSA) is 93.1 Å². The highest BCUT2D eigenvalue weighted by Gasteiger charge is 2.40. The quantitative estimate of drug-likeness (QED) is 0.615. The predicted molar refractivity (Wildman–Crippen MR) is 85.0 cm³/mol. The molecule has 0 aliphatic heterocycles. The summed E-state index contributed by atoms with van der Waals surface area (Å²) in [7, 11) is 0. The number of hydrogen-bond donors (Lipinski definition) is 1. The number of carbonyl (C=O) groups excluding carboxylic acids is 2. The molecule has 1 N–H and O–H groups in total. The maximum atomic E-state index is 12.4. The second kappa shape index (κ2) is 7.48. The summed E-state index contributed by atoms with van der Waals surface area (Å²) in [4.78, 5) is 36.5. The summed E-state index contributed by atoms with van der Waals surface area (Å²) in [5.74, 6) is -2.01. The van der Waals surface area contributed by atoms with Crippen molar-refractivity contribution in [2.75, 3.05) is 6.61 Å². The first-order valence-electron chi connectivity index (χ1n) is 7.24. The molecule has 0 unspecified atom stereocenters. The lowest BCUT2D eigenvalue weighted by Gasteiger charge is -2.40. The normalized spacial score (nSPS) is 13.0. The number of carbonyl (C=O) groups is 3. The second-order valence-corrected chi connectivity index (χ2v) is 7.25. The van der Waals surface area contributed by atoms with Crippen LogP contribution in [0.25, 0.3) is 0 Å². The van der Waals surface area contributed by atoms with Crippen molar-refractivity contribution in [3.8, 4) is 0 Å². The third kappa shape index (κ3) is 7.17. The zero-order valence-corrected chi connectivity index (χ0v) is 14.9. The number of aliphatic carboxylic acids is 1. The van der Waals surface area contributed by atoms with Gasteiger partial charge >= 0.3 is 18.0 Å². The number of carboxylic acid groups (broad SMARTS) is 1. The van der Waals surface area contributed by atoms with E-state index in [-0.39, 0.29) is 5.57 Å². The molecule has 0 fully saturated rings. The molecule has 0 heterocycles. The van der Waals surface area contributed by atoms with Crippen LogP contribution >= 0.6 is 0 Å². The van der Waals surface area contributed by atoms with Crippen LogP contribution in [-0.2, 0) is 19.1 Å². The highest BCUT2D eigenvalue weighted by atomic mass is 16.6. The van der Waals surface area contributed by atoms with Crippen molar-refractivity contribution in [1.29, 1.82) is 0 Å². The van der Waals surface area contributed by atoms with Crippen LogP contribution in [0.5, 0.6) is 0 Å². The summed E-state index contributed by atoms with van der Waals surface area (Å²) in [6.07, 6.45) is -0.788. The number of esters is 1. The van der Waals surface area contributed by atoms with Gasteiger partial charge in [0.15, 0.2) is 6.04 Å². The van der Waals surface area contributed by atoms with Crippen LogP contribution in [0.3, 0.4) is 0 Å². The third-order valence-electron chi connectivity index (χ3n) is 2.63. The lowest BCUT2D eigenvalue weighted by Crippen LogP contribution is -2.57. The molecular weight excluding hydrogens is 302 g/mol. The molecule has 0 aromatic carbocycles. The Labute approximate surface area is 137 Å². The predicted octanol–water partition coefficient (Wildman–Crippen LogP) is 2.59. The molecule has 0 aromatic rings. The van der Waals surface area contributed by atoms with E-state index in [2.05, 4.69) is 6.58 Å². The van der Waals surface area contributed by atoms with Crippen LogP contribution in [0.1, 0.15) is 48.5 Å². The van der Waals surface area contributed by atoms with Crippen molar-refractivity contribution >= 4 is 18.0 Å². The maximum absolute atomic E-state index is 12.4. The Morgan fingerprint density at radius 2 is 1.61 bits per heavy atom. The van der Waals surface area contributed by atoms with Crippen LogP contribution < -0.4 is 0 Å². The number of nitrogens with zero attached hydrogens (tertiary/aromatic N) is 1. The van der Waals surface area contributed by atoms with Gasteiger partial charge < -0.3 is 14.6 Å². The minimum absolute atomic E-state index is 0.147. The minimum atomic E-state index is -1.37. The van der Waals surface area contributed by atoms with E-state index in [0.29, 0.717) is 0 Å². The van der Waals surface area contributed by atoms with Gasteiger partial charge in [-0.15, -0.1) is 0 Å². The summed E-state index contributed by atoms with van der Waals surface area (Å²) < 4.78 is 10.2. The molecule has 0 spiro atoms. The monoisotopic (exact) mass is 329 g/mol. The van der Waals surface area contributed by atoms with Gasteiger partial charge in [0.2, 0.25) is 0 Å². The zero-order chi connectivity index (χ0) is 18.6. The standard InChI is InChI=1S/C16H27NO6/c1-10(2)13(20)22-9-11(12(18)19)17(15(3,4)5)14(21)23-16(6,7)8/h11H,1,9H2,2-8H3,(H,18,19)/t11-/m0/s1. The van der Waals surface area contributed by atoms with Gasteiger partial charge in [0.25, 0.3) is 0 Å². The fraction of sp³-hybridized carbons (Fsp3) is 0.688. The molecule has 0 saturated heterocycles. The molecule has 7 heteroatoms. The molecular formula is C16H27NO6. The highest BCUT2D eigenvalue weighted by Crippen LogP contribution is 2.22. The molecule has 0 bridgehead atoms. The van der Waals surface area contributed by atoms with Crippen molar-refractivity contribution in [1.82, 2.24) is 4.90 Å². The molecule has 132 valence electrons. The van der Waals surface area contributed by atoms with Crippen molar-refractivity contribution in [2.24, 2.45) is 0 Å². The average molecular weight is 329 g/mol. The summed E-state index contributed by atoms with van der Waals surface area (Å²) >= 11 is 0. The molecule has 1 amide bonds. The molecule has 7 nitrogen and oxygen atoms in total. The first-order chi connectivity index (χ1) is 10.2. The minimum Gasteiger partial charge on any atom is -0.480 e. The molecule has 0 saturated carbocycles. The largest absolute Gasteiger partial charge is 0.480 e. The van der Waals surface area contributed by atoms with Gasteiger partial charge in [-0.1, -0.05) is 6.58 Å². The van der Waals surface area contributed by atoms with Gasteiger partial charge in [0, 0.05) is 11.1 Å². The molecule has 0 aromatic heterocycles. The van der Waals surface area contributed by atoms with Crippen LogP contribution in [-0.4, -0.2) is 51.8 Å². The highest BCUT2D eigenvalue weighted by molar-refractivity contribution is 5.87. The average Bonchev–Trinajstić information content (AvgIpc) is 2.28. The van der Waals surface area contributed by atoms with E-state index >= 15 is 0 Å². The lowest BCUT2D eigenvalue weighted by molar-refractivity contribution is -0.152.